The van der Waals surface area contributed by atoms with Crippen LogP contribution in [0.25, 0.3) is 10.9 Å². The lowest BCUT2D eigenvalue weighted by Crippen LogP contribution is -2.33. The number of Topliss-reactive ketones (excluding diaryl/α,β-unsaturated/α-hetero) is 2. The minimum Gasteiger partial charge on any atom is -0.348 e. The van der Waals surface area contributed by atoms with E-state index in [9.17, 15) is 23.6 Å². The summed E-state index contributed by atoms with van der Waals surface area (Å²) in [5.74, 6) is -0.950. The maximum Gasteiger partial charge on any atom is 0.262 e. The number of halogens is 1. The van der Waals surface area contributed by atoms with E-state index < -0.39 is 23.3 Å². The highest BCUT2D eigenvalue weighted by Gasteiger charge is 2.23. The number of fused-ring (bicyclic) bond motifs is 1. The molecule has 1 atom stereocenters. The normalized spacial score (nSPS) is 11.9. The first-order chi connectivity index (χ1) is 15.2. The Kier molecular flexibility index (Phi) is 6.92. The SMILES string of the molecule is CC(=O)CCC(C(C)=O)n1c(C)nc2cccc(CNC(=O)c3cccc(F)c3)c2c1=O. The zero-order valence-electron chi connectivity index (χ0n) is 18.1. The molecule has 8 heteroatoms. The number of hydrogen-bond acceptors (Lipinski definition) is 5. The number of carbonyl (C=O) groups excluding carboxylic acids is 3. The second kappa shape index (κ2) is 9.64. The number of ketones is 2. The van der Waals surface area contributed by atoms with Crippen LogP contribution in [0.1, 0.15) is 54.5 Å². The van der Waals surface area contributed by atoms with Gasteiger partial charge in [0.15, 0.2) is 5.78 Å². The maximum absolute atomic E-state index is 13.4. The topological polar surface area (TPSA) is 98.1 Å². The summed E-state index contributed by atoms with van der Waals surface area (Å²) in [5, 5.41) is 2.98. The van der Waals surface area contributed by atoms with Gasteiger partial charge in [-0.2, -0.15) is 0 Å². The monoisotopic (exact) mass is 437 g/mol. The quantitative estimate of drug-likeness (QED) is 0.583. The maximum atomic E-state index is 13.4. The van der Waals surface area contributed by atoms with Gasteiger partial charge in [-0.15, -0.1) is 0 Å². The second-order valence-electron chi connectivity index (χ2n) is 7.71. The summed E-state index contributed by atoms with van der Waals surface area (Å²) < 4.78 is 14.7. The van der Waals surface area contributed by atoms with Crippen LogP contribution in [0.3, 0.4) is 0 Å². The van der Waals surface area contributed by atoms with Crippen molar-refractivity contribution in [3.63, 3.8) is 0 Å². The zero-order chi connectivity index (χ0) is 23.4. The van der Waals surface area contributed by atoms with Gasteiger partial charge in [-0.25, -0.2) is 9.37 Å². The van der Waals surface area contributed by atoms with E-state index in [1.54, 1.807) is 25.1 Å². The average molecular weight is 437 g/mol. The standard InChI is InChI=1S/C24H24FN3O4/c1-14(29)10-11-21(15(2)30)28-16(3)27-20-9-5-7-18(22(20)24(28)32)13-26-23(31)17-6-4-8-19(25)12-17/h4-9,12,21H,10-11,13H2,1-3H3,(H,26,31). The third-order valence-corrected chi connectivity index (χ3v) is 5.27. The fourth-order valence-corrected chi connectivity index (χ4v) is 3.70. The van der Waals surface area contributed by atoms with E-state index in [0.29, 0.717) is 16.9 Å². The Bertz CT molecular complexity index is 1270. The van der Waals surface area contributed by atoms with Crippen LogP contribution >= 0.6 is 0 Å². The number of aryl methyl sites for hydroxylation is 1. The number of hydrogen-bond donors (Lipinski definition) is 1. The molecule has 0 bridgehead atoms. The molecule has 0 radical (unpaired) electrons. The highest BCUT2D eigenvalue weighted by atomic mass is 19.1. The molecule has 3 rings (SSSR count). The van der Waals surface area contributed by atoms with Crippen molar-refractivity contribution in [2.45, 2.75) is 46.2 Å². The Balaban J connectivity index is 2.00. The van der Waals surface area contributed by atoms with Crippen LogP contribution in [0.5, 0.6) is 0 Å². The minimum absolute atomic E-state index is 0.0187. The molecule has 1 amide bonds. The van der Waals surface area contributed by atoms with E-state index in [-0.39, 0.29) is 41.9 Å². The molecule has 0 saturated heterocycles. The molecule has 1 unspecified atom stereocenters. The van der Waals surface area contributed by atoms with Crippen molar-refractivity contribution in [1.82, 2.24) is 14.9 Å². The first-order valence-corrected chi connectivity index (χ1v) is 10.2. The molecule has 0 aliphatic carbocycles. The number of nitrogens with zero attached hydrogens (tertiary/aromatic N) is 2. The third-order valence-electron chi connectivity index (χ3n) is 5.27. The minimum atomic E-state index is -0.807. The van der Waals surface area contributed by atoms with Crippen molar-refractivity contribution in [3.8, 4) is 0 Å². The van der Waals surface area contributed by atoms with Crippen molar-refractivity contribution in [1.29, 1.82) is 0 Å². The molecule has 166 valence electrons. The first-order valence-electron chi connectivity index (χ1n) is 10.2. The van der Waals surface area contributed by atoms with E-state index in [1.165, 1.54) is 36.6 Å². The lowest BCUT2D eigenvalue weighted by molar-refractivity contribution is -0.121. The third kappa shape index (κ3) is 4.96. The Morgan fingerprint density at radius 3 is 2.50 bits per heavy atom. The highest BCUT2D eigenvalue weighted by molar-refractivity contribution is 5.94. The van der Waals surface area contributed by atoms with Crippen LogP contribution in [0.2, 0.25) is 0 Å². The van der Waals surface area contributed by atoms with Crippen LogP contribution in [-0.2, 0) is 16.1 Å². The molecule has 32 heavy (non-hydrogen) atoms. The summed E-state index contributed by atoms with van der Waals surface area (Å²) in [7, 11) is 0. The van der Waals surface area contributed by atoms with Gasteiger partial charge in [0.2, 0.25) is 0 Å². The fourth-order valence-electron chi connectivity index (χ4n) is 3.70. The summed E-state index contributed by atoms with van der Waals surface area (Å²) in [6, 6.07) is 9.60. The van der Waals surface area contributed by atoms with Gasteiger partial charge in [-0.3, -0.25) is 19.0 Å². The predicted octanol–water partition coefficient (Wildman–Crippen LogP) is 3.27. The van der Waals surface area contributed by atoms with E-state index in [1.807, 2.05) is 0 Å². The second-order valence-corrected chi connectivity index (χ2v) is 7.71. The van der Waals surface area contributed by atoms with Gasteiger partial charge in [-0.05, 0) is 57.0 Å². The van der Waals surface area contributed by atoms with Crippen LogP contribution in [0.15, 0.2) is 47.3 Å². The van der Waals surface area contributed by atoms with Crippen LogP contribution in [-0.4, -0.2) is 27.0 Å². The summed E-state index contributed by atoms with van der Waals surface area (Å²) in [6.07, 6.45) is 0.372. The lowest BCUT2D eigenvalue weighted by Gasteiger charge is -2.20. The van der Waals surface area contributed by atoms with E-state index in [2.05, 4.69) is 10.3 Å². The zero-order valence-corrected chi connectivity index (χ0v) is 18.1. The number of carbonyl (C=O) groups is 3. The van der Waals surface area contributed by atoms with E-state index in [4.69, 9.17) is 0 Å². The van der Waals surface area contributed by atoms with Crippen molar-refractivity contribution in [3.05, 3.63) is 75.6 Å². The molecule has 0 aliphatic heterocycles. The van der Waals surface area contributed by atoms with Crippen molar-refractivity contribution in [2.75, 3.05) is 0 Å². The fraction of sp³-hybridized carbons (Fsp3) is 0.292. The van der Waals surface area contributed by atoms with Crippen LogP contribution < -0.4 is 10.9 Å². The number of amides is 1. The van der Waals surface area contributed by atoms with Crippen LogP contribution in [0.4, 0.5) is 4.39 Å². The molecule has 2 aromatic carbocycles. The number of aromatic nitrogens is 2. The molecule has 0 spiro atoms. The van der Waals surface area contributed by atoms with Gasteiger partial charge in [-0.1, -0.05) is 18.2 Å². The highest BCUT2D eigenvalue weighted by Crippen LogP contribution is 2.20. The Hall–Kier alpha value is -3.68. The van der Waals surface area contributed by atoms with Crippen molar-refractivity contribution in [2.24, 2.45) is 0 Å². The van der Waals surface area contributed by atoms with Gasteiger partial charge in [0, 0.05) is 18.5 Å². The Morgan fingerprint density at radius 1 is 1.12 bits per heavy atom. The Morgan fingerprint density at radius 2 is 1.84 bits per heavy atom. The van der Waals surface area contributed by atoms with Gasteiger partial charge < -0.3 is 10.1 Å². The molecule has 0 aliphatic rings. The molecule has 7 nitrogen and oxygen atoms in total. The summed E-state index contributed by atoms with van der Waals surface area (Å²) >= 11 is 0. The summed E-state index contributed by atoms with van der Waals surface area (Å²) in [4.78, 5) is 54.1. The van der Waals surface area contributed by atoms with Crippen molar-refractivity contribution < 1.29 is 18.8 Å². The molecular formula is C24H24FN3O4. The van der Waals surface area contributed by atoms with E-state index in [0.717, 1.165) is 6.07 Å². The smallest absolute Gasteiger partial charge is 0.262 e. The largest absolute Gasteiger partial charge is 0.348 e. The Labute approximate surface area is 184 Å². The van der Waals surface area contributed by atoms with Gasteiger partial charge in [0.25, 0.3) is 11.5 Å². The molecule has 3 aromatic rings. The molecule has 0 fully saturated rings. The molecular weight excluding hydrogens is 413 g/mol. The number of benzene rings is 2. The lowest BCUT2D eigenvalue weighted by atomic mass is 10.0. The average Bonchev–Trinajstić information content (AvgIpc) is 2.73. The summed E-state index contributed by atoms with van der Waals surface area (Å²) in [5.41, 5.74) is 0.715. The molecule has 1 aromatic heterocycles. The molecule has 1 N–H and O–H groups in total. The van der Waals surface area contributed by atoms with Crippen LogP contribution in [0, 0.1) is 12.7 Å². The number of rotatable bonds is 8. The van der Waals surface area contributed by atoms with Gasteiger partial charge >= 0.3 is 0 Å². The predicted molar refractivity (Wildman–Crippen MR) is 118 cm³/mol. The van der Waals surface area contributed by atoms with Crippen molar-refractivity contribution >= 4 is 28.4 Å². The van der Waals surface area contributed by atoms with Gasteiger partial charge in [0.1, 0.15) is 17.4 Å². The van der Waals surface area contributed by atoms with Gasteiger partial charge in [0.05, 0.1) is 16.9 Å². The molecule has 1 heterocycles. The molecule has 0 saturated carbocycles. The first kappa shape index (κ1) is 23.0. The summed E-state index contributed by atoms with van der Waals surface area (Å²) in [6.45, 7) is 4.48. The van der Waals surface area contributed by atoms with E-state index >= 15 is 0 Å². The number of nitrogens with one attached hydrogen (secondary N) is 1.